The summed E-state index contributed by atoms with van der Waals surface area (Å²) in [6.45, 7) is 2.57. The fourth-order valence-corrected chi connectivity index (χ4v) is 1.56. The van der Waals surface area contributed by atoms with Crippen molar-refractivity contribution in [3.05, 3.63) is 50.3 Å². The van der Waals surface area contributed by atoms with E-state index in [1.807, 2.05) is 18.2 Å². The second kappa shape index (κ2) is 6.27. The molecule has 3 nitrogen and oxygen atoms in total. The summed E-state index contributed by atoms with van der Waals surface area (Å²) in [5.41, 5.74) is 10.5. The Bertz CT molecular complexity index is 406. The highest BCUT2D eigenvalue weighted by molar-refractivity contribution is 9.10. The molecule has 0 aliphatic carbocycles. The number of halogens is 1. The molecule has 78 valence electrons. The number of aryl methyl sites for hydroxylation is 1. The molecule has 0 saturated heterocycles. The van der Waals surface area contributed by atoms with Gasteiger partial charge in [-0.25, -0.2) is 0 Å². The Morgan fingerprint density at radius 1 is 1.53 bits per heavy atom. The van der Waals surface area contributed by atoms with E-state index in [1.165, 1.54) is 5.56 Å². The number of nitrogens with zero attached hydrogens (tertiary/aromatic N) is 3. The van der Waals surface area contributed by atoms with Crippen molar-refractivity contribution < 1.29 is 0 Å². The van der Waals surface area contributed by atoms with Gasteiger partial charge in [-0.1, -0.05) is 50.9 Å². The van der Waals surface area contributed by atoms with E-state index >= 15 is 0 Å². The predicted octanol–water partition coefficient (Wildman–Crippen LogP) is 4.47. The van der Waals surface area contributed by atoms with Crippen molar-refractivity contribution in [1.82, 2.24) is 0 Å². The fraction of sp³-hybridized carbons (Fsp3) is 0.273. The smallest absolute Gasteiger partial charge is 0.0292 e. The van der Waals surface area contributed by atoms with Crippen LogP contribution in [-0.4, -0.2) is 6.54 Å². The maximum Gasteiger partial charge on any atom is 0.0292 e. The van der Waals surface area contributed by atoms with Crippen molar-refractivity contribution in [3.8, 4) is 0 Å². The van der Waals surface area contributed by atoms with E-state index in [0.29, 0.717) is 6.54 Å². The maximum absolute atomic E-state index is 8.09. The van der Waals surface area contributed by atoms with E-state index in [2.05, 4.69) is 45.0 Å². The lowest BCUT2D eigenvalue weighted by Gasteiger charge is -1.99. The molecule has 0 amide bonds. The van der Waals surface area contributed by atoms with Crippen LogP contribution in [0.25, 0.3) is 16.5 Å². The van der Waals surface area contributed by atoms with Crippen LogP contribution in [0.3, 0.4) is 0 Å². The molecule has 0 unspecified atom stereocenters. The normalized spacial score (nSPS) is 10.3. The van der Waals surface area contributed by atoms with Crippen molar-refractivity contribution in [1.29, 1.82) is 0 Å². The first kappa shape index (κ1) is 11.8. The van der Waals surface area contributed by atoms with Gasteiger partial charge in [0.15, 0.2) is 0 Å². The van der Waals surface area contributed by atoms with Gasteiger partial charge < -0.3 is 0 Å². The van der Waals surface area contributed by atoms with Crippen LogP contribution in [0.2, 0.25) is 0 Å². The predicted molar refractivity (Wildman–Crippen MR) is 66.5 cm³/mol. The molecule has 0 fully saturated rings. The molecule has 0 radical (unpaired) electrons. The molecule has 0 atom stereocenters. The Hall–Kier alpha value is -1.25. The third-order valence-electron chi connectivity index (χ3n) is 1.91. The van der Waals surface area contributed by atoms with Gasteiger partial charge in [0, 0.05) is 15.9 Å². The molecule has 4 heteroatoms. The number of hydrogen-bond acceptors (Lipinski definition) is 1. The number of rotatable bonds is 4. The molecular weight excluding hydrogens is 254 g/mol. The Morgan fingerprint density at radius 3 is 3.07 bits per heavy atom. The largest absolute Gasteiger partial charge is 0.0937 e. The van der Waals surface area contributed by atoms with E-state index in [1.54, 1.807) is 0 Å². The van der Waals surface area contributed by atoms with Crippen LogP contribution < -0.4 is 0 Å². The zero-order chi connectivity index (χ0) is 11.1. The fourth-order valence-electron chi connectivity index (χ4n) is 1.18. The SMILES string of the molecule is Cc1ccc(Br)c(C=CCCN=[N+]=[N-])c1. The van der Waals surface area contributed by atoms with Gasteiger partial charge in [0.25, 0.3) is 0 Å². The average Bonchev–Trinajstić information content (AvgIpc) is 2.23. The topological polar surface area (TPSA) is 48.8 Å². The minimum atomic E-state index is 0.510. The molecule has 0 bridgehead atoms. The van der Waals surface area contributed by atoms with Gasteiger partial charge in [-0.2, -0.15) is 0 Å². The molecule has 0 aliphatic rings. The molecule has 0 saturated carbocycles. The van der Waals surface area contributed by atoms with Gasteiger partial charge >= 0.3 is 0 Å². The Labute approximate surface area is 97.6 Å². The van der Waals surface area contributed by atoms with E-state index in [9.17, 15) is 0 Å². The van der Waals surface area contributed by atoms with Crippen molar-refractivity contribution in [2.24, 2.45) is 5.11 Å². The summed E-state index contributed by atoms with van der Waals surface area (Å²) in [5, 5.41) is 3.46. The average molecular weight is 266 g/mol. The lowest BCUT2D eigenvalue weighted by atomic mass is 10.1. The zero-order valence-electron chi connectivity index (χ0n) is 8.52. The van der Waals surface area contributed by atoms with Gasteiger partial charge in [0.2, 0.25) is 0 Å². The molecule has 1 rings (SSSR count). The summed E-state index contributed by atoms with van der Waals surface area (Å²) >= 11 is 3.48. The Balaban J connectivity index is 2.63. The highest BCUT2D eigenvalue weighted by Gasteiger charge is 1.94. The molecule has 15 heavy (non-hydrogen) atoms. The summed E-state index contributed by atoms with van der Waals surface area (Å²) in [6, 6.07) is 6.19. The highest BCUT2D eigenvalue weighted by Crippen LogP contribution is 2.19. The van der Waals surface area contributed by atoms with Crippen molar-refractivity contribution in [2.45, 2.75) is 13.3 Å². The highest BCUT2D eigenvalue weighted by atomic mass is 79.9. The standard InChI is InChI=1S/C11H12BrN3/c1-9-5-6-11(12)10(8-9)4-2-3-7-14-15-13/h2,4-6,8H,3,7H2,1H3. The Morgan fingerprint density at radius 2 is 2.33 bits per heavy atom. The second-order valence-corrected chi connectivity index (χ2v) is 4.02. The molecule has 0 heterocycles. The van der Waals surface area contributed by atoms with Crippen molar-refractivity contribution >= 4 is 22.0 Å². The van der Waals surface area contributed by atoms with Crippen molar-refractivity contribution in [3.63, 3.8) is 0 Å². The van der Waals surface area contributed by atoms with E-state index < -0.39 is 0 Å². The number of hydrogen-bond donors (Lipinski definition) is 0. The summed E-state index contributed by atoms with van der Waals surface area (Å²) in [5.74, 6) is 0. The van der Waals surface area contributed by atoms with Gasteiger partial charge in [-0.3, -0.25) is 0 Å². The molecule has 0 N–H and O–H groups in total. The van der Waals surface area contributed by atoms with Crippen LogP contribution in [0.4, 0.5) is 0 Å². The van der Waals surface area contributed by atoms with Crippen LogP contribution in [0.5, 0.6) is 0 Å². The summed E-state index contributed by atoms with van der Waals surface area (Å²) in [6.07, 6.45) is 4.81. The molecule has 1 aromatic carbocycles. The van der Waals surface area contributed by atoms with Crippen LogP contribution in [-0.2, 0) is 0 Å². The van der Waals surface area contributed by atoms with Crippen LogP contribution in [0.15, 0.2) is 33.9 Å². The molecule has 0 aromatic heterocycles. The van der Waals surface area contributed by atoms with Gasteiger partial charge in [0.05, 0.1) is 0 Å². The van der Waals surface area contributed by atoms with Gasteiger partial charge in [-0.15, -0.1) is 0 Å². The minimum absolute atomic E-state index is 0.510. The first-order chi connectivity index (χ1) is 7.24. The Kier molecular flexibility index (Phi) is 4.95. The van der Waals surface area contributed by atoms with Crippen molar-refractivity contribution in [2.75, 3.05) is 6.54 Å². The molecular formula is C11H12BrN3. The first-order valence-electron chi connectivity index (χ1n) is 4.67. The van der Waals surface area contributed by atoms with Crippen LogP contribution >= 0.6 is 15.9 Å². The van der Waals surface area contributed by atoms with Crippen LogP contribution in [0, 0.1) is 6.92 Å². The summed E-state index contributed by atoms with van der Waals surface area (Å²) < 4.78 is 1.08. The summed E-state index contributed by atoms with van der Waals surface area (Å²) in [4.78, 5) is 2.69. The van der Waals surface area contributed by atoms with E-state index in [4.69, 9.17) is 5.53 Å². The number of benzene rings is 1. The molecule has 0 aliphatic heterocycles. The van der Waals surface area contributed by atoms with E-state index in [-0.39, 0.29) is 0 Å². The van der Waals surface area contributed by atoms with E-state index in [0.717, 1.165) is 16.5 Å². The lowest BCUT2D eigenvalue weighted by Crippen LogP contribution is -1.79. The van der Waals surface area contributed by atoms with Crippen LogP contribution in [0.1, 0.15) is 17.5 Å². The van der Waals surface area contributed by atoms with Gasteiger partial charge in [-0.05, 0) is 30.5 Å². The zero-order valence-corrected chi connectivity index (χ0v) is 10.1. The monoisotopic (exact) mass is 265 g/mol. The maximum atomic E-state index is 8.09. The molecule has 0 spiro atoms. The third-order valence-corrected chi connectivity index (χ3v) is 2.63. The molecule has 1 aromatic rings. The minimum Gasteiger partial charge on any atom is -0.0937 e. The quantitative estimate of drug-likeness (QED) is 0.334. The van der Waals surface area contributed by atoms with Gasteiger partial charge in [0.1, 0.15) is 0 Å². The number of azide groups is 1. The summed E-state index contributed by atoms with van der Waals surface area (Å²) in [7, 11) is 0. The first-order valence-corrected chi connectivity index (χ1v) is 5.47. The second-order valence-electron chi connectivity index (χ2n) is 3.17. The third kappa shape index (κ3) is 4.19. The lowest BCUT2D eigenvalue weighted by molar-refractivity contribution is 0.995.